The van der Waals surface area contributed by atoms with Crippen molar-refractivity contribution in [1.29, 1.82) is 0 Å². The maximum atomic E-state index is 10.7. The molecule has 1 rings (SSSR count). The summed E-state index contributed by atoms with van der Waals surface area (Å²) < 4.78 is 0. The van der Waals surface area contributed by atoms with Gasteiger partial charge in [-0.15, -0.1) is 0 Å². The number of hydrogen-bond acceptors (Lipinski definition) is 4. The summed E-state index contributed by atoms with van der Waals surface area (Å²) in [7, 11) is 0. The number of aliphatic carboxylic acids is 2. The second kappa shape index (κ2) is 9.95. The van der Waals surface area contributed by atoms with Gasteiger partial charge in [0.1, 0.15) is 0 Å². The Labute approximate surface area is 146 Å². The first-order valence-electron chi connectivity index (χ1n) is 6.59. The van der Waals surface area contributed by atoms with Crippen LogP contribution in [0.5, 0.6) is 0 Å². The van der Waals surface area contributed by atoms with E-state index in [4.69, 9.17) is 5.11 Å². The predicted octanol–water partition coefficient (Wildman–Crippen LogP) is -2.30. The SMILES string of the molecule is CC(C(=O)[O-])c1ccc(CC(O)CCCC(=O)O)cc1.[Na+]. The standard InChI is InChI=1S/C15H20O5.Na/c1-10(15(19)20)12-7-5-11(6-8-12)9-13(16)3-2-4-14(17)18;/h5-8,10,13,16H,2-4,9H2,1H3,(H,17,18)(H,19,20);/q;+1/p-1. The first-order chi connectivity index (χ1) is 9.40. The van der Waals surface area contributed by atoms with Gasteiger partial charge in [-0.25, -0.2) is 0 Å². The van der Waals surface area contributed by atoms with Gasteiger partial charge in [0, 0.05) is 18.3 Å². The Bertz CT molecular complexity index is 458. The third-order valence-corrected chi connectivity index (χ3v) is 3.23. The topological polar surface area (TPSA) is 97.7 Å². The molecule has 0 aliphatic rings. The van der Waals surface area contributed by atoms with Crippen LogP contribution in [-0.4, -0.2) is 28.3 Å². The zero-order valence-corrected chi connectivity index (χ0v) is 14.4. The van der Waals surface area contributed by atoms with Crippen LogP contribution < -0.4 is 34.7 Å². The normalized spacial score (nSPS) is 13.0. The van der Waals surface area contributed by atoms with E-state index in [1.807, 2.05) is 0 Å². The number of hydrogen-bond donors (Lipinski definition) is 2. The molecule has 0 radical (unpaired) electrons. The van der Waals surface area contributed by atoms with Crippen LogP contribution in [0.1, 0.15) is 43.2 Å². The average Bonchev–Trinajstić information content (AvgIpc) is 2.38. The first kappa shape index (κ1) is 20.1. The van der Waals surface area contributed by atoms with Crippen molar-refractivity contribution in [2.75, 3.05) is 0 Å². The van der Waals surface area contributed by atoms with E-state index in [0.29, 0.717) is 24.8 Å². The van der Waals surface area contributed by atoms with E-state index in [2.05, 4.69) is 0 Å². The molecule has 21 heavy (non-hydrogen) atoms. The molecular formula is C15H19NaO5. The second-order valence-corrected chi connectivity index (χ2v) is 4.93. The zero-order chi connectivity index (χ0) is 15.1. The van der Waals surface area contributed by atoms with Crippen LogP contribution in [0.3, 0.4) is 0 Å². The van der Waals surface area contributed by atoms with E-state index >= 15 is 0 Å². The summed E-state index contributed by atoms with van der Waals surface area (Å²) in [6.07, 6.45) is 0.775. The Kier molecular flexibility index (Phi) is 9.53. The molecule has 2 unspecified atom stereocenters. The monoisotopic (exact) mass is 302 g/mol. The van der Waals surface area contributed by atoms with E-state index in [-0.39, 0.29) is 36.0 Å². The Morgan fingerprint density at radius 3 is 2.29 bits per heavy atom. The number of carboxylic acids is 2. The molecule has 2 N–H and O–H groups in total. The van der Waals surface area contributed by atoms with E-state index in [9.17, 15) is 19.8 Å². The van der Waals surface area contributed by atoms with Crippen LogP contribution in [0.4, 0.5) is 0 Å². The summed E-state index contributed by atoms with van der Waals surface area (Å²) >= 11 is 0. The van der Waals surface area contributed by atoms with E-state index < -0.39 is 24.0 Å². The minimum atomic E-state index is -1.12. The van der Waals surface area contributed by atoms with Gasteiger partial charge >= 0.3 is 35.5 Å². The van der Waals surface area contributed by atoms with Crippen molar-refractivity contribution in [3.8, 4) is 0 Å². The molecule has 0 spiro atoms. The van der Waals surface area contributed by atoms with Crippen molar-refractivity contribution < 1.29 is 54.5 Å². The molecule has 0 aromatic heterocycles. The van der Waals surface area contributed by atoms with Gasteiger partial charge in [0.15, 0.2) is 0 Å². The van der Waals surface area contributed by atoms with Crippen molar-refractivity contribution in [3.05, 3.63) is 35.4 Å². The minimum Gasteiger partial charge on any atom is -0.550 e. The van der Waals surface area contributed by atoms with Crippen LogP contribution in [0.25, 0.3) is 0 Å². The Balaban J connectivity index is 0.00000400. The number of carboxylic acid groups (broad SMARTS) is 2. The van der Waals surface area contributed by atoms with Gasteiger partial charge in [0.2, 0.25) is 0 Å². The molecule has 0 aliphatic carbocycles. The van der Waals surface area contributed by atoms with Crippen LogP contribution in [0.2, 0.25) is 0 Å². The van der Waals surface area contributed by atoms with E-state index in [0.717, 1.165) is 5.56 Å². The third-order valence-electron chi connectivity index (χ3n) is 3.23. The van der Waals surface area contributed by atoms with Gasteiger partial charge in [-0.05, 0) is 30.4 Å². The number of carbonyl (C=O) groups excluding carboxylic acids is 1. The van der Waals surface area contributed by atoms with Gasteiger partial charge in [-0.1, -0.05) is 31.2 Å². The van der Waals surface area contributed by atoms with Crippen molar-refractivity contribution in [3.63, 3.8) is 0 Å². The molecule has 0 bridgehead atoms. The van der Waals surface area contributed by atoms with E-state index in [1.54, 1.807) is 31.2 Å². The molecule has 110 valence electrons. The first-order valence-corrected chi connectivity index (χ1v) is 6.59. The minimum absolute atomic E-state index is 0. The average molecular weight is 302 g/mol. The molecule has 2 atom stereocenters. The molecular weight excluding hydrogens is 283 g/mol. The smallest absolute Gasteiger partial charge is 0.550 e. The molecule has 0 saturated heterocycles. The van der Waals surface area contributed by atoms with Gasteiger partial charge < -0.3 is 20.1 Å². The van der Waals surface area contributed by atoms with Gasteiger partial charge in [-0.2, -0.15) is 0 Å². The number of aliphatic hydroxyl groups is 1. The predicted molar refractivity (Wildman–Crippen MR) is 71.1 cm³/mol. The molecule has 0 fully saturated rings. The molecule has 1 aromatic carbocycles. The third kappa shape index (κ3) is 7.62. The number of rotatable bonds is 8. The molecule has 1 aromatic rings. The van der Waals surface area contributed by atoms with Crippen LogP contribution in [0, 0.1) is 0 Å². The molecule has 5 nitrogen and oxygen atoms in total. The largest absolute Gasteiger partial charge is 1.00 e. The van der Waals surface area contributed by atoms with Gasteiger partial charge in [0.25, 0.3) is 0 Å². The molecule has 0 amide bonds. The van der Waals surface area contributed by atoms with Crippen LogP contribution in [-0.2, 0) is 16.0 Å². The molecule has 0 aliphatic heterocycles. The summed E-state index contributed by atoms with van der Waals surface area (Å²) in [4.78, 5) is 21.1. The van der Waals surface area contributed by atoms with Crippen LogP contribution >= 0.6 is 0 Å². The maximum absolute atomic E-state index is 10.7. The fourth-order valence-electron chi connectivity index (χ4n) is 1.94. The molecule has 6 heteroatoms. The fourth-order valence-corrected chi connectivity index (χ4v) is 1.94. The zero-order valence-electron chi connectivity index (χ0n) is 12.4. The van der Waals surface area contributed by atoms with Crippen molar-refractivity contribution in [2.24, 2.45) is 0 Å². The fraction of sp³-hybridized carbons (Fsp3) is 0.467. The Hall–Kier alpha value is -0.880. The van der Waals surface area contributed by atoms with Crippen molar-refractivity contribution in [2.45, 2.75) is 44.6 Å². The quantitative estimate of drug-likeness (QED) is 0.527. The maximum Gasteiger partial charge on any atom is 1.00 e. The number of benzene rings is 1. The molecule has 0 saturated carbocycles. The summed E-state index contributed by atoms with van der Waals surface area (Å²) in [5.41, 5.74) is 1.55. The summed E-state index contributed by atoms with van der Waals surface area (Å²) in [5, 5.41) is 29.0. The van der Waals surface area contributed by atoms with Gasteiger partial charge in [0.05, 0.1) is 6.10 Å². The number of carbonyl (C=O) groups is 2. The van der Waals surface area contributed by atoms with Crippen molar-refractivity contribution >= 4 is 11.9 Å². The van der Waals surface area contributed by atoms with E-state index in [1.165, 1.54) is 0 Å². The van der Waals surface area contributed by atoms with Gasteiger partial charge in [-0.3, -0.25) is 4.79 Å². The summed E-state index contributed by atoms with van der Waals surface area (Å²) in [6.45, 7) is 1.56. The molecule has 0 heterocycles. The number of aliphatic hydroxyl groups excluding tert-OH is 1. The van der Waals surface area contributed by atoms with Crippen LogP contribution in [0.15, 0.2) is 24.3 Å². The second-order valence-electron chi connectivity index (χ2n) is 4.93. The Morgan fingerprint density at radius 2 is 1.81 bits per heavy atom. The Morgan fingerprint density at radius 1 is 1.24 bits per heavy atom. The summed E-state index contributed by atoms with van der Waals surface area (Å²) in [6, 6.07) is 6.96. The van der Waals surface area contributed by atoms with Crippen molar-refractivity contribution in [1.82, 2.24) is 0 Å². The summed E-state index contributed by atoms with van der Waals surface area (Å²) in [5.74, 6) is -2.64.